The standard InChI is InChI=1S/C22H25FN4O4S/c1-27-11-16-18(27)10-19(16)32(29,30)26-22(28)25-21-14-5-3-4-13(14)17(23)9-15(21)12-6-7-24-20(8-12)31-2/h6-9,16,18-19H,3-5,10-11H2,1-2H3,(H2,25,26,28)/t16-,18?,19?/m0/s1. The molecule has 1 aliphatic heterocycles. The van der Waals surface area contributed by atoms with Crippen LogP contribution in [-0.2, 0) is 22.9 Å². The molecule has 1 saturated heterocycles. The number of aromatic nitrogens is 1. The number of piperidine rings is 1. The topological polar surface area (TPSA) is 101 Å². The van der Waals surface area contributed by atoms with E-state index < -0.39 is 21.3 Å². The van der Waals surface area contributed by atoms with Gasteiger partial charge in [-0.15, -0.1) is 0 Å². The second-order valence-corrected chi connectivity index (χ2v) is 10.6. The Morgan fingerprint density at radius 3 is 2.75 bits per heavy atom. The average Bonchev–Trinajstić information content (AvgIpc) is 3.24. The summed E-state index contributed by atoms with van der Waals surface area (Å²) in [5.41, 5.74) is 2.76. The number of anilines is 1. The molecule has 2 aromatic rings. The molecule has 10 heteroatoms. The fraction of sp³-hybridized carbons (Fsp3) is 0.455. The summed E-state index contributed by atoms with van der Waals surface area (Å²) in [6, 6.07) is 4.18. The van der Waals surface area contributed by atoms with E-state index in [-0.39, 0.29) is 17.8 Å². The Labute approximate surface area is 186 Å². The van der Waals surface area contributed by atoms with Crippen LogP contribution in [0.2, 0.25) is 0 Å². The monoisotopic (exact) mass is 460 g/mol. The number of urea groups is 1. The molecule has 2 heterocycles. The summed E-state index contributed by atoms with van der Waals surface area (Å²) in [5.74, 6) is 0.0862. The summed E-state index contributed by atoms with van der Waals surface area (Å²) < 4.78 is 47.7. The molecule has 2 N–H and O–H groups in total. The quantitative estimate of drug-likeness (QED) is 0.711. The number of methoxy groups -OCH3 is 1. The smallest absolute Gasteiger partial charge is 0.332 e. The van der Waals surface area contributed by atoms with Crippen LogP contribution in [0.5, 0.6) is 5.88 Å². The number of halogens is 1. The molecule has 8 nitrogen and oxygen atoms in total. The van der Waals surface area contributed by atoms with E-state index in [1.165, 1.54) is 19.4 Å². The number of sulfonamides is 1. The Kier molecular flexibility index (Phi) is 5.09. The van der Waals surface area contributed by atoms with Crippen LogP contribution >= 0.6 is 0 Å². The number of hydrogen-bond acceptors (Lipinski definition) is 6. The first kappa shape index (κ1) is 21.1. The number of nitrogens with one attached hydrogen (secondary N) is 2. The minimum Gasteiger partial charge on any atom is -0.481 e. The van der Waals surface area contributed by atoms with E-state index in [0.717, 1.165) is 13.0 Å². The van der Waals surface area contributed by atoms with Gasteiger partial charge in [0.2, 0.25) is 15.9 Å². The number of ether oxygens (including phenoxy) is 1. The van der Waals surface area contributed by atoms with Crippen molar-refractivity contribution in [2.24, 2.45) is 5.92 Å². The second-order valence-electron chi connectivity index (χ2n) is 8.72. The molecule has 2 unspecified atom stereocenters. The number of amides is 2. The third kappa shape index (κ3) is 3.41. The summed E-state index contributed by atoms with van der Waals surface area (Å²) in [6.45, 7) is 0.720. The van der Waals surface area contributed by atoms with Gasteiger partial charge in [-0.2, -0.15) is 0 Å². The number of rotatable bonds is 5. The molecule has 0 spiro atoms. The molecule has 1 saturated carbocycles. The minimum atomic E-state index is -3.80. The van der Waals surface area contributed by atoms with Crippen molar-refractivity contribution in [1.29, 1.82) is 0 Å². The van der Waals surface area contributed by atoms with Crippen LogP contribution in [0.3, 0.4) is 0 Å². The van der Waals surface area contributed by atoms with Gasteiger partial charge in [0.25, 0.3) is 0 Å². The van der Waals surface area contributed by atoms with Gasteiger partial charge >= 0.3 is 6.03 Å². The zero-order chi connectivity index (χ0) is 22.6. The Balaban J connectivity index is 1.44. The molecule has 1 aromatic carbocycles. The fourth-order valence-corrected chi connectivity index (χ4v) is 6.85. The highest BCUT2D eigenvalue weighted by atomic mass is 32.2. The van der Waals surface area contributed by atoms with Crippen molar-refractivity contribution in [2.75, 3.05) is 26.0 Å². The van der Waals surface area contributed by atoms with Crippen molar-refractivity contribution < 1.29 is 22.3 Å². The summed E-state index contributed by atoms with van der Waals surface area (Å²) in [4.78, 5) is 19.0. The maximum Gasteiger partial charge on any atom is 0.332 e. The lowest BCUT2D eigenvalue weighted by Crippen LogP contribution is -2.70. The van der Waals surface area contributed by atoms with Crippen LogP contribution in [-0.4, -0.2) is 56.3 Å². The van der Waals surface area contributed by atoms with E-state index >= 15 is 0 Å². The van der Waals surface area contributed by atoms with Gasteiger partial charge in [0.05, 0.1) is 18.0 Å². The molecule has 0 bridgehead atoms. The molecule has 170 valence electrons. The highest BCUT2D eigenvalue weighted by molar-refractivity contribution is 7.90. The van der Waals surface area contributed by atoms with Crippen LogP contribution in [0.25, 0.3) is 11.1 Å². The number of likely N-dealkylation sites (tertiary alicyclic amines) is 1. The minimum absolute atomic E-state index is 0.0696. The maximum atomic E-state index is 14.8. The van der Waals surface area contributed by atoms with Crippen molar-refractivity contribution in [3.63, 3.8) is 0 Å². The van der Waals surface area contributed by atoms with Gasteiger partial charge < -0.3 is 15.0 Å². The summed E-state index contributed by atoms with van der Waals surface area (Å²) in [6.07, 6.45) is 4.01. The Morgan fingerprint density at radius 2 is 2.06 bits per heavy atom. The lowest BCUT2D eigenvalue weighted by molar-refractivity contribution is -0.0339. The zero-order valence-corrected chi connectivity index (χ0v) is 18.7. The first-order valence-corrected chi connectivity index (χ1v) is 12.2. The zero-order valence-electron chi connectivity index (χ0n) is 17.9. The summed E-state index contributed by atoms with van der Waals surface area (Å²) in [7, 11) is -0.349. The van der Waals surface area contributed by atoms with E-state index in [1.807, 2.05) is 7.05 Å². The Bertz CT molecular complexity index is 1200. The molecule has 5 rings (SSSR count). The van der Waals surface area contributed by atoms with Crippen molar-refractivity contribution >= 4 is 21.7 Å². The predicted octanol–water partition coefficient (Wildman–Crippen LogP) is 2.54. The normalized spacial score (nSPS) is 24.0. The van der Waals surface area contributed by atoms with Gasteiger partial charge in [-0.3, -0.25) is 0 Å². The number of nitrogens with zero attached hydrogens (tertiary/aromatic N) is 2. The second kappa shape index (κ2) is 7.70. The van der Waals surface area contributed by atoms with Gasteiger partial charge in [-0.05, 0) is 61.6 Å². The summed E-state index contributed by atoms with van der Waals surface area (Å²) in [5, 5.41) is 2.16. The van der Waals surface area contributed by atoms with Crippen molar-refractivity contribution in [1.82, 2.24) is 14.6 Å². The van der Waals surface area contributed by atoms with E-state index in [2.05, 4.69) is 19.9 Å². The van der Waals surface area contributed by atoms with Crippen molar-refractivity contribution in [3.05, 3.63) is 41.3 Å². The van der Waals surface area contributed by atoms with Gasteiger partial charge in [-0.1, -0.05) is 0 Å². The number of carbonyl (C=O) groups excluding carboxylic acids is 1. The Hall–Kier alpha value is -2.72. The number of fused-ring (bicyclic) bond motifs is 2. The van der Waals surface area contributed by atoms with Gasteiger partial charge in [0.1, 0.15) is 5.82 Å². The molecule has 2 aliphatic carbocycles. The SMILES string of the molecule is COc1cc(-c2cc(F)c3c(c2NC(=O)NS(=O)(=O)C2CC4[C@@H]2CN4C)CCC3)ccn1. The van der Waals surface area contributed by atoms with E-state index in [1.54, 1.807) is 12.1 Å². The molecular weight excluding hydrogens is 435 g/mol. The maximum absolute atomic E-state index is 14.8. The molecule has 2 fully saturated rings. The van der Waals surface area contributed by atoms with E-state index in [0.29, 0.717) is 53.1 Å². The van der Waals surface area contributed by atoms with Crippen LogP contribution in [0.1, 0.15) is 24.0 Å². The molecular formula is C22H25FN4O4S. The molecule has 2 amide bonds. The first-order chi connectivity index (χ1) is 15.3. The van der Waals surface area contributed by atoms with Crippen LogP contribution in [0.4, 0.5) is 14.9 Å². The van der Waals surface area contributed by atoms with Crippen LogP contribution in [0.15, 0.2) is 24.4 Å². The van der Waals surface area contributed by atoms with Crippen molar-refractivity contribution in [3.8, 4) is 17.0 Å². The lowest BCUT2D eigenvalue weighted by Gasteiger charge is -2.58. The van der Waals surface area contributed by atoms with Crippen LogP contribution in [0, 0.1) is 11.7 Å². The van der Waals surface area contributed by atoms with Gasteiger partial charge in [0, 0.05) is 36.3 Å². The number of pyridine rings is 1. The number of carbonyl (C=O) groups is 1. The Morgan fingerprint density at radius 1 is 1.28 bits per heavy atom. The molecule has 1 aromatic heterocycles. The molecule has 3 atom stereocenters. The highest BCUT2D eigenvalue weighted by Crippen LogP contribution is 2.44. The molecule has 0 radical (unpaired) electrons. The van der Waals surface area contributed by atoms with E-state index in [4.69, 9.17) is 4.74 Å². The fourth-order valence-electron chi connectivity index (χ4n) is 5.21. The average molecular weight is 461 g/mol. The number of hydrogen-bond donors (Lipinski definition) is 2. The third-order valence-electron chi connectivity index (χ3n) is 6.99. The largest absolute Gasteiger partial charge is 0.481 e. The van der Waals surface area contributed by atoms with Gasteiger partial charge in [0.15, 0.2) is 0 Å². The lowest BCUT2D eigenvalue weighted by atomic mass is 9.71. The van der Waals surface area contributed by atoms with Crippen molar-refractivity contribution in [2.45, 2.75) is 37.0 Å². The first-order valence-electron chi connectivity index (χ1n) is 10.7. The third-order valence-corrected chi connectivity index (χ3v) is 8.79. The summed E-state index contributed by atoms with van der Waals surface area (Å²) >= 11 is 0. The number of benzene rings is 1. The van der Waals surface area contributed by atoms with Gasteiger partial charge in [-0.25, -0.2) is 27.3 Å². The van der Waals surface area contributed by atoms with Crippen LogP contribution < -0.4 is 14.8 Å². The highest BCUT2D eigenvalue weighted by Gasteiger charge is 2.56. The predicted molar refractivity (Wildman–Crippen MR) is 118 cm³/mol. The molecule has 3 aliphatic rings. The molecule has 32 heavy (non-hydrogen) atoms. The van der Waals surface area contributed by atoms with E-state index in [9.17, 15) is 17.6 Å².